The SMILES string of the molecule is O=C(Nc1n[nH]nc1C(=O)N1CCCC1)C1=CCCS1. The fourth-order valence-corrected chi connectivity index (χ4v) is 3.16. The van der Waals surface area contributed by atoms with Gasteiger partial charge in [0.25, 0.3) is 11.8 Å². The maximum absolute atomic E-state index is 12.3. The highest BCUT2D eigenvalue weighted by Gasteiger charge is 2.26. The number of likely N-dealkylation sites (tertiary alicyclic amines) is 1. The Morgan fingerprint density at radius 1 is 1.30 bits per heavy atom. The summed E-state index contributed by atoms with van der Waals surface area (Å²) >= 11 is 1.51. The minimum absolute atomic E-state index is 0.181. The molecule has 2 amide bonds. The lowest BCUT2D eigenvalue weighted by molar-refractivity contribution is -0.112. The smallest absolute Gasteiger partial charge is 0.278 e. The molecule has 3 rings (SSSR count). The van der Waals surface area contributed by atoms with Crippen LogP contribution in [-0.2, 0) is 4.79 Å². The van der Waals surface area contributed by atoms with Crippen molar-refractivity contribution in [2.75, 3.05) is 24.2 Å². The normalized spacial score (nSPS) is 18.2. The molecule has 2 aliphatic heterocycles. The van der Waals surface area contributed by atoms with E-state index >= 15 is 0 Å². The summed E-state index contributed by atoms with van der Waals surface area (Å²) in [5, 5.41) is 12.8. The first-order valence-corrected chi connectivity index (χ1v) is 7.58. The Bertz CT molecular complexity index is 562. The molecule has 0 spiro atoms. The van der Waals surface area contributed by atoms with E-state index in [9.17, 15) is 9.59 Å². The first kappa shape index (κ1) is 13.2. The van der Waals surface area contributed by atoms with Crippen LogP contribution in [0, 0.1) is 0 Å². The molecular formula is C12H15N5O2S. The van der Waals surface area contributed by atoms with Gasteiger partial charge in [-0.05, 0) is 19.3 Å². The predicted octanol–water partition coefficient (Wildman–Crippen LogP) is 1.000. The van der Waals surface area contributed by atoms with Gasteiger partial charge in [0.15, 0.2) is 11.5 Å². The fourth-order valence-electron chi connectivity index (χ4n) is 2.28. The van der Waals surface area contributed by atoms with Crippen molar-refractivity contribution in [1.29, 1.82) is 0 Å². The fraction of sp³-hybridized carbons (Fsp3) is 0.500. The van der Waals surface area contributed by atoms with E-state index in [0.29, 0.717) is 4.91 Å². The van der Waals surface area contributed by atoms with Gasteiger partial charge in [-0.2, -0.15) is 5.21 Å². The van der Waals surface area contributed by atoms with Gasteiger partial charge in [-0.1, -0.05) is 6.08 Å². The van der Waals surface area contributed by atoms with Gasteiger partial charge in [-0.3, -0.25) is 9.59 Å². The zero-order valence-electron chi connectivity index (χ0n) is 10.9. The summed E-state index contributed by atoms with van der Waals surface area (Å²) in [6.45, 7) is 1.47. The van der Waals surface area contributed by atoms with Gasteiger partial charge in [-0.15, -0.1) is 22.0 Å². The number of H-pyrrole nitrogens is 1. The molecule has 8 heteroatoms. The summed E-state index contributed by atoms with van der Waals surface area (Å²) in [5.41, 5.74) is 0.184. The monoisotopic (exact) mass is 293 g/mol. The third kappa shape index (κ3) is 2.55. The van der Waals surface area contributed by atoms with Gasteiger partial charge in [-0.25, -0.2) is 0 Å². The number of rotatable bonds is 3. The van der Waals surface area contributed by atoms with Crippen LogP contribution in [-0.4, -0.2) is 51.0 Å². The average molecular weight is 293 g/mol. The number of hydrogen-bond acceptors (Lipinski definition) is 5. The van der Waals surface area contributed by atoms with Gasteiger partial charge >= 0.3 is 0 Å². The van der Waals surface area contributed by atoms with Crippen LogP contribution in [0.2, 0.25) is 0 Å². The molecule has 1 fully saturated rings. The van der Waals surface area contributed by atoms with Gasteiger partial charge in [0.05, 0.1) is 4.91 Å². The number of amides is 2. The molecule has 0 aliphatic carbocycles. The summed E-state index contributed by atoms with van der Waals surface area (Å²) in [5.74, 6) is 0.720. The number of nitrogens with one attached hydrogen (secondary N) is 2. The summed E-state index contributed by atoms with van der Waals surface area (Å²) < 4.78 is 0. The van der Waals surface area contributed by atoms with E-state index in [0.717, 1.165) is 38.1 Å². The van der Waals surface area contributed by atoms with E-state index in [2.05, 4.69) is 20.7 Å². The zero-order chi connectivity index (χ0) is 13.9. The molecular weight excluding hydrogens is 278 g/mol. The maximum Gasteiger partial charge on any atom is 0.278 e. The molecule has 0 bridgehead atoms. The highest BCUT2D eigenvalue weighted by atomic mass is 32.2. The van der Waals surface area contributed by atoms with Crippen molar-refractivity contribution < 1.29 is 9.59 Å². The molecule has 1 aromatic rings. The van der Waals surface area contributed by atoms with Crippen LogP contribution in [0.25, 0.3) is 0 Å². The molecule has 0 unspecified atom stereocenters. The largest absolute Gasteiger partial charge is 0.337 e. The molecule has 0 radical (unpaired) electrons. The number of aromatic nitrogens is 3. The van der Waals surface area contributed by atoms with Gasteiger partial charge in [0.1, 0.15) is 0 Å². The molecule has 2 N–H and O–H groups in total. The number of anilines is 1. The number of thioether (sulfide) groups is 1. The molecule has 1 aromatic heterocycles. The van der Waals surface area contributed by atoms with Crippen LogP contribution in [0.1, 0.15) is 29.8 Å². The Hall–Kier alpha value is -1.83. The van der Waals surface area contributed by atoms with Crippen LogP contribution in [0.5, 0.6) is 0 Å². The summed E-state index contributed by atoms with van der Waals surface area (Å²) in [6, 6.07) is 0. The van der Waals surface area contributed by atoms with Crippen molar-refractivity contribution in [3.63, 3.8) is 0 Å². The molecule has 3 heterocycles. The number of carbonyl (C=O) groups is 2. The number of carbonyl (C=O) groups excluding carboxylic acids is 2. The highest BCUT2D eigenvalue weighted by Crippen LogP contribution is 2.26. The van der Waals surface area contributed by atoms with E-state index in [1.165, 1.54) is 11.8 Å². The Balaban J connectivity index is 1.72. The van der Waals surface area contributed by atoms with Crippen molar-refractivity contribution in [2.24, 2.45) is 0 Å². The van der Waals surface area contributed by atoms with Crippen molar-refractivity contribution in [3.8, 4) is 0 Å². The van der Waals surface area contributed by atoms with E-state index in [4.69, 9.17) is 0 Å². The minimum atomic E-state index is -0.225. The van der Waals surface area contributed by atoms with Crippen LogP contribution >= 0.6 is 11.8 Å². The molecule has 2 aliphatic rings. The Morgan fingerprint density at radius 2 is 2.10 bits per heavy atom. The summed E-state index contributed by atoms with van der Waals surface area (Å²) in [6.07, 6.45) is 4.80. The first-order valence-electron chi connectivity index (χ1n) is 6.60. The Morgan fingerprint density at radius 3 is 2.80 bits per heavy atom. The molecule has 0 aromatic carbocycles. The first-order chi connectivity index (χ1) is 9.75. The van der Waals surface area contributed by atoms with Crippen molar-refractivity contribution in [2.45, 2.75) is 19.3 Å². The molecule has 0 atom stereocenters. The van der Waals surface area contributed by atoms with Gasteiger partial charge < -0.3 is 10.2 Å². The van der Waals surface area contributed by atoms with Crippen molar-refractivity contribution >= 4 is 29.4 Å². The topological polar surface area (TPSA) is 91.0 Å². The summed E-state index contributed by atoms with van der Waals surface area (Å²) in [4.78, 5) is 26.7. The zero-order valence-corrected chi connectivity index (χ0v) is 11.7. The van der Waals surface area contributed by atoms with Crippen LogP contribution in [0.4, 0.5) is 5.82 Å². The lowest BCUT2D eigenvalue weighted by Crippen LogP contribution is -2.29. The standard InChI is InChI=1S/C12H15N5O2S/c18-11(8-4-3-7-20-8)13-10-9(14-16-15-10)12(19)17-5-1-2-6-17/h4H,1-3,5-7H2,(H2,13,14,15,16,18). The van der Waals surface area contributed by atoms with Crippen LogP contribution in [0.15, 0.2) is 11.0 Å². The number of nitrogens with zero attached hydrogens (tertiary/aromatic N) is 3. The van der Waals surface area contributed by atoms with E-state index < -0.39 is 0 Å². The van der Waals surface area contributed by atoms with E-state index in [-0.39, 0.29) is 23.3 Å². The Labute approximate surface area is 120 Å². The third-order valence-electron chi connectivity index (χ3n) is 3.30. The molecule has 0 saturated carbocycles. The molecule has 7 nitrogen and oxygen atoms in total. The molecule has 106 valence electrons. The second kappa shape index (κ2) is 5.66. The van der Waals surface area contributed by atoms with Crippen molar-refractivity contribution in [3.05, 3.63) is 16.7 Å². The number of hydrogen-bond donors (Lipinski definition) is 2. The lowest BCUT2D eigenvalue weighted by Gasteiger charge is -2.13. The number of aromatic amines is 1. The van der Waals surface area contributed by atoms with Crippen LogP contribution < -0.4 is 5.32 Å². The lowest BCUT2D eigenvalue weighted by atomic mass is 10.3. The second-order valence-corrected chi connectivity index (χ2v) is 5.82. The summed E-state index contributed by atoms with van der Waals surface area (Å²) in [7, 11) is 0. The number of allylic oxidation sites excluding steroid dienone is 1. The van der Waals surface area contributed by atoms with Gasteiger partial charge in [0.2, 0.25) is 0 Å². The molecule has 20 heavy (non-hydrogen) atoms. The molecule has 1 saturated heterocycles. The van der Waals surface area contributed by atoms with Crippen LogP contribution in [0.3, 0.4) is 0 Å². The van der Waals surface area contributed by atoms with Gasteiger partial charge in [0, 0.05) is 18.8 Å². The maximum atomic E-state index is 12.3. The van der Waals surface area contributed by atoms with E-state index in [1.54, 1.807) is 4.90 Å². The average Bonchev–Trinajstić information content (AvgIpc) is 3.20. The van der Waals surface area contributed by atoms with Crippen molar-refractivity contribution in [1.82, 2.24) is 20.3 Å². The predicted molar refractivity (Wildman–Crippen MR) is 75.3 cm³/mol. The quantitative estimate of drug-likeness (QED) is 0.867. The highest BCUT2D eigenvalue weighted by molar-refractivity contribution is 8.04. The van der Waals surface area contributed by atoms with E-state index in [1.807, 2.05) is 6.08 Å². The third-order valence-corrected chi connectivity index (χ3v) is 4.41. The minimum Gasteiger partial charge on any atom is -0.337 e. The Kier molecular flexibility index (Phi) is 3.72. The second-order valence-electron chi connectivity index (χ2n) is 4.68.